The summed E-state index contributed by atoms with van der Waals surface area (Å²) in [6.45, 7) is 0. The number of ether oxygens (including phenoxy) is 1. The minimum atomic E-state index is -0.222. The van der Waals surface area contributed by atoms with E-state index in [-0.39, 0.29) is 11.9 Å². The molecule has 1 aromatic carbocycles. The van der Waals surface area contributed by atoms with E-state index in [1.807, 2.05) is 0 Å². The van der Waals surface area contributed by atoms with Gasteiger partial charge in [0.2, 0.25) is 0 Å². The van der Waals surface area contributed by atoms with Gasteiger partial charge < -0.3 is 10.1 Å². The Kier molecular flexibility index (Phi) is 3.65. The summed E-state index contributed by atoms with van der Waals surface area (Å²) in [6, 6.07) is 3.42. The lowest BCUT2D eigenvalue weighted by atomic mass is 10.0. The highest BCUT2D eigenvalue weighted by Crippen LogP contribution is 2.40. The van der Waals surface area contributed by atoms with Crippen LogP contribution in [0.1, 0.15) is 23.2 Å². The smallest absolute Gasteiger partial charge is 0.256 e. The van der Waals surface area contributed by atoms with Gasteiger partial charge in [0, 0.05) is 6.04 Å². The van der Waals surface area contributed by atoms with E-state index < -0.39 is 0 Å². The number of amides is 1. The molecule has 1 N–H and O–H groups in total. The summed E-state index contributed by atoms with van der Waals surface area (Å²) in [5, 5.41) is 3.79. The Balaban J connectivity index is 1.84. The number of halogens is 2. The number of nitrogens with one attached hydrogen (secondary N) is 1. The molecular formula is C15H15Cl2NO2. The summed E-state index contributed by atoms with van der Waals surface area (Å²) in [5.74, 6) is 1.14. The first kappa shape index (κ1) is 13.8. The molecule has 5 heteroatoms. The van der Waals surface area contributed by atoms with E-state index in [2.05, 4.69) is 17.5 Å². The van der Waals surface area contributed by atoms with E-state index >= 15 is 0 Å². The molecule has 1 amide bonds. The fourth-order valence-electron chi connectivity index (χ4n) is 3.13. The number of allylic oxidation sites excluding steroid dienone is 1. The highest BCUT2D eigenvalue weighted by Gasteiger charge is 2.37. The van der Waals surface area contributed by atoms with Gasteiger partial charge in [-0.15, -0.1) is 0 Å². The van der Waals surface area contributed by atoms with Crippen molar-refractivity contribution >= 4 is 29.1 Å². The fraction of sp³-hybridized carbons (Fsp3) is 0.400. The lowest BCUT2D eigenvalue weighted by Crippen LogP contribution is -2.37. The molecule has 0 aromatic heterocycles. The van der Waals surface area contributed by atoms with Crippen LogP contribution in [-0.2, 0) is 0 Å². The quantitative estimate of drug-likeness (QED) is 0.864. The molecule has 1 aromatic rings. The summed E-state index contributed by atoms with van der Waals surface area (Å²) in [6.07, 6.45) is 6.55. The van der Waals surface area contributed by atoms with Crippen LogP contribution in [0, 0.1) is 11.8 Å². The van der Waals surface area contributed by atoms with Crippen LogP contribution in [0.5, 0.6) is 5.75 Å². The molecule has 3 unspecified atom stereocenters. The van der Waals surface area contributed by atoms with Crippen molar-refractivity contribution in [3.05, 3.63) is 39.9 Å². The van der Waals surface area contributed by atoms with Crippen LogP contribution in [0.4, 0.5) is 0 Å². The first-order chi connectivity index (χ1) is 9.60. The SMILES string of the molecule is COc1c(Cl)ccc(Cl)c1C(=O)NC1CC2C=CC1C2. The summed E-state index contributed by atoms with van der Waals surface area (Å²) >= 11 is 12.2. The zero-order valence-corrected chi connectivity index (χ0v) is 12.5. The molecule has 3 nitrogen and oxygen atoms in total. The molecule has 2 bridgehead atoms. The lowest BCUT2D eigenvalue weighted by Gasteiger charge is -2.21. The van der Waals surface area contributed by atoms with Crippen LogP contribution in [-0.4, -0.2) is 19.1 Å². The summed E-state index contributed by atoms with van der Waals surface area (Å²) < 4.78 is 5.21. The van der Waals surface area contributed by atoms with E-state index in [4.69, 9.17) is 27.9 Å². The molecule has 2 aliphatic rings. The van der Waals surface area contributed by atoms with Gasteiger partial charge in [-0.2, -0.15) is 0 Å². The van der Waals surface area contributed by atoms with E-state index in [1.54, 1.807) is 12.1 Å². The Morgan fingerprint density at radius 2 is 2.00 bits per heavy atom. The number of hydrogen-bond acceptors (Lipinski definition) is 2. The first-order valence-corrected chi connectivity index (χ1v) is 7.37. The summed E-state index contributed by atoms with van der Waals surface area (Å²) in [7, 11) is 1.48. The molecule has 0 radical (unpaired) electrons. The molecule has 0 aliphatic heterocycles. The van der Waals surface area contributed by atoms with Crippen LogP contribution < -0.4 is 10.1 Å². The van der Waals surface area contributed by atoms with E-state index in [0.717, 1.165) is 12.8 Å². The normalized spacial score (nSPS) is 26.9. The van der Waals surface area contributed by atoms with Gasteiger partial charge in [0.25, 0.3) is 5.91 Å². The maximum absolute atomic E-state index is 12.5. The molecule has 3 rings (SSSR count). The zero-order valence-electron chi connectivity index (χ0n) is 11.0. The van der Waals surface area contributed by atoms with Gasteiger partial charge >= 0.3 is 0 Å². The van der Waals surface area contributed by atoms with Crippen molar-refractivity contribution in [2.24, 2.45) is 11.8 Å². The number of fused-ring (bicyclic) bond motifs is 2. The highest BCUT2D eigenvalue weighted by molar-refractivity contribution is 6.37. The van der Waals surface area contributed by atoms with Crippen LogP contribution in [0.3, 0.4) is 0 Å². The summed E-state index contributed by atoms with van der Waals surface area (Å²) in [5.41, 5.74) is 0.313. The number of rotatable bonds is 3. The molecule has 2 aliphatic carbocycles. The monoisotopic (exact) mass is 311 g/mol. The number of hydrogen-bond donors (Lipinski definition) is 1. The topological polar surface area (TPSA) is 38.3 Å². The Hall–Kier alpha value is -1.19. The molecule has 0 heterocycles. The van der Waals surface area contributed by atoms with Crippen LogP contribution in [0.2, 0.25) is 10.0 Å². The second-order valence-corrected chi connectivity index (χ2v) is 6.11. The van der Waals surface area contributed by atoms with Gasteiger partial charge in [0.1, 0.15) is 5.56 Å². The van der Waals surface area contributed by atoms with Gasteiger partial charge in [0.15, 0.2) is 5.75 Å². The standard InChI is InChI=1S/C15H15Cl2NO2/c1-20-14-11(17)5-4-10(16)13(14)15(19)18-12-7-8-2-3-9(12)6-8/h2-5,8-9,12H,6-7H2,1H3,(H,18,19). The van der Waals surface area contributed by atoms with Crippen molar-refractivity contribution in [1.82, 2.24) is 5.32 Å². The number of carbonyl (C=O) groups is 1. The molecule has 3 atom stereocenters. The first-order valence-electron chi connectivity index (χ1n) is 6.61. The second kappa shape index (κ2) is 5.30. The molecular weight excluding hydrogens is 297 g/mol. The highest BCUT2D eigenvalue weighted by atomic mass is 35.5. The molecule has 1 saturated carbocycles. The van der Waals surface area contributed by atoms with Crippen LogP contribution in [0.15, 0.2) is 24.3 Å². The third-order valence-corrected chi connectivity index (χ3v) is 4.70. The maximum atomic E-state index is 12.5. The Morgan fingerprint density at radius 3 is 2.60 bits per heavy atom. The third kappa shape index (κ3) is 2.29. The molecule has 1 fully saturated rings. The van der Waals surface area contributed by atoms with Gasteiger partial charge in [-0.05, 0) is 36.8 Å². The average molecular weight is 312 g/mol. The zero-order chi connectivity index (χ0) is 14.3. The number of carbonyl (C=O) groups excluding carboxylic acids is 1. The Morgan fingerprint density at radius 1 is 1.25 bits per heavy atom. The van der Waals surface area contributed by atoms with Crippen molar-refractivity contribution in [2.45, 2.75) is 18.9 Å². The average Bonchev–Trinajstić information content (AvgIpc) is 3.03. The predicted octanol–water partition coefficient (Wildman–Crippen LogP) is 3.70. The van der Waals surface area contributed by atoms with Crippen molar-refractivity contribution in [3.63, 3.8) is 0 Å². The Bertz CT molecular complexity index is 585. The van der Waals surface area contributed by atoms with Gasteiger partial charge in [-0.25, -0.2) is 0 Å². The largest absolute Gasteiger partial charge is 0.494 e. The predicted molar refractivity (Wildman–Crippen MR) is 79.6 cm³/mol. The van der Waals surface area contributed by atoms with E-state index in [0.29, 0.717) is 33.2 Å². The number of benzene rings is 1. The van der Waals surface area contributed by atoms with Crippen molar-refractivity contribution < 1.29 is 9.53 Å². The van der Waals surface area contributed by atoms with Gasteiger partial charge in [0.05, 0.1) is 17.2 Å². The molecule has 20 heavy (non-hydrogen) atoms. The van der Waals surface area contributed by atoms with Gasteiger partial charge in [-0.1, -0.05) is 35.4 Å². The van der Waals surface area contributed by atoms with Crippen LogP contribution in [0.25, 0.3) is 0 Å². The van der Waals surface area contributed by atoms with E-state index in [1.165, 1.54) is 7.11 Å². The maximum Gasteiger partial charge on any atom is 0.256 e. The minimum absolute atomic E-state index is 0.178. The van der Waals surface area contributed by atoms with Crippen molar-refractivity contribution in [3.8, 4) is 5.75 Å². The van der Waals surface area contributed by atoms with Crippen LogP contribution >= 0.6 is 23.2 Å². The fourth-order valence-corrected chi connectivity index (χ4v) is 3.60. The number of methoxy groups -OCH3 is 1. The van der Waals surface area contributed by atoms with Crippen molar-refractivity contribution in [2.75, 3.05) is 7.11 Å². The minimum Gasteiger partial charge on any atom is -0.494 e. The molecule has 106 valence electrons. The van der Waals surface area contributed by atoms with Crippen molar-refractivity contribution in [1.29, 1.82) is 0 Å². The van der Waals surface area contributed by atoms with Gasteiger partial charge in [-0.3, -0.25) is 4.79 Å². The molecule has 0 spiro atoms. The lowest BCUT2D eigenvalue weighted by molar-refractivity contribution is 0.0928. The summed E-state index contributed by atoms with van der Waals surface area (Å²) in [4.78, 5) is 12.5. The Labute approximate surface area is 127 Å². The third-order valence-electron chi connectivity index (χ3n) is 4.09. The second-order valence-electron chi connectivity index (χ2n) is 5.30. The molecule has 0 saturated heterocycles. The van der Waals surface area contributed by atoms with E-state index in [9.17, 15) is 4.79 Å².